The van der Waals surface area contributed by atoms with Gasteiger partial charge >= 0.3 is 0 Å². The van der Waals surface area contributed by atoms with Gasteiger partial charge in [-0.2, -0.15) is 16.9 Å². The molecule has 0 spiro atoms. The van der Waals surface area contributed by atoms with Crippen molar-refractivity contribution in [2.24, 2.45) is 21.1 Å². The van der Waals surface area contributed by atoms with E-state index >= 15 is 0 Å². The summed E-state index contributed by atoms with van der Waals surface area (Å²) in [4.78, 5) is 7.20. The van der Waals surface area contributed by atoms with Crippen LogP contribution in [-0.2, 0) is 0 Å². The fraction of sp³-hybridized carbons (Fsp3) is 0.476. The Hall–Kier alpha value is -2.22. The van der Waals surface area contributed by atoms with Crippen LogP contribution in [0.1, 0.15) is 32.6 Å². The summed E-state index contributed by atoms with van der Waals surface area (Å²) in [5.74, 6) is 2.70. The maximum atomic E-state index is 14.4. The quantitative estimate of drug-likeness (QED) is 0.715. The van der Waals surface area contributed by atoms with Crippen molar-refractivity contribution in [3.8, 4) is 0 Å². The van der Waals surface area contributed by atoms with E-state index in [2.05, 4.69) is 28.6 Å². The number of aliphatic imine (C=N–C) groups is 1. The molecule has 5 nitrogen and oxygen atoms in total. The molecule has 3 aliphatic rings. The predicted octanol–water partition coefficient (Wildman–Crippen LogP) is 4.67. The second kappa shape index (κ2) is 8.65. The van der Waals surface area contributed by atoms with E-state index in [1.165, 1.54) is 17.3 Å². The molecule has 2 fully saturated rings. The molecular weight excluding hydrogens is 392 g/mol. The highest BCUT2D eigenvalue weighted by molar-refractivity contribution is 8.00. The number of likely N-dealkylation sites (tertiary alicyclic amines) is 1. The lowest BCUT2D eigenvalue weighted by atomic mass is 10.1. The molecular formula is C21H25F2N5S. The van der Waals surface area contributed by atoms with Gasteiger partial charge in [-0.1, -0.05) is 13.5 Å². The minimum atomic E-state index is -0.717. The average molecular weight is 418 g/mol. The van der Waals surface area contributed by atoms with Gasteiger partial charge in [-0.3, -0.25) is 0 Å². The van der Waals surface area contributed by atoms with Gasteiger partial charge in [-0.25, -0.2) is 13.8 Å². The molecule has 1 unspecified atom stereocenters. The molecule has 3 heterocycles. The molecule has 3 aliphatic heterocycles. The Morgan fingerprint density at radius 1 is 1.28 bits per heavy atom. The SMILES string of the molecule is C=C1/C=N\N(c2ccc(F)cc2F)/N=C(CC2CSC2)\N=C/1N1CCCC1CC. The highest BCUT2D eigenvalue weighted by Gasteiger charge is 2.29. The number of amidine groups is 2. The molecule has 0 saturated carbocycles. The normalized spacial score (nSPS) is 27.6. The van der Waals surface area contributed by atoms with Gasteiger partial charge < -0.3 is 4.90 Å². The Morgan fingerprint density at radius 2 is 2.10 bits per heavy atom. The van der Waals surface area contributed by atoms with Crippen molar-refractivity contribution in [3.05, 3.63) is 42.0 Å². The van der Waals surface area contributed by atoms with Crippen molar-refractivity contribution in [3.63, 3.8) is 0 Å². The van der Waals surface area contributed by atoms with Crippen molar-refractivity contribution >= 4 is 35.3 Å². The van der Waals surface area contributed by atoms with Gasteiger partial charge in [-0.15, -0.1) is 10.2 Å². The van der Waals surface area contributed by atoms with Gasteiger partial charge in [0, 0.05) is 30.6 Å². The minimum absolute atomic E-state index is 0.0854. The molecule has 154 valence electrons. The number of benzene rings is 1. The van der Waals surface area contributed by atoms with E-state index in [0.717, 1.165) is 49.2 Å². The zero-order valence-corrected chi connectivity index (χ0v) is 17.3. The third-order valence-corrected chi connectivity index (χ3v) is 6.89. The minimum Gasteiger partial charge on any atom is -0.353 e. The molecule has 1 aromatic rings. The van der Waals surface area contributed by atoms with Gasteiger partial charge in [0.15, 0.2) is 11.7 Å². The first kappa shape index (κ1) is 20.1. The zero-order chi connectivity index (χ0) is 20.4. The summed E-state index contributed by atoms with van der Waals surface area (Å²) in [5.41, 5.74) is 0.760. The van der Waals surface area contributed by atoms with Crippen molar-refractivity contribution in [2.45, 2.75) is 38.6 Å². The van der Waals surface area contributed by atoms with E-state index in [9.17, 15) is 8.78 Å². The summed E-state index contributed by atoms with van der Waals surface area (Å²) in [6.07, 6.45) is 5.57. The molecule has 0 bridgehead atoms. The number of nitrogens with zero attached hydrogens (tertiary/aromatic N) is 5. The van der Waals surface area contributed by atoms with Gasteiger partial charge in [0.05, 0.1) is 6.21 Å². The Morgan fingerprint density at radius 3 is 2.79 bits per heavy atom. The number of thioether (sulfide) groups is 1. The van der Waals surface area contributed by atoms with Crippen molar-refractivity contribution < 1.29 is 8.78 Å². The Kier molecular flexibility index (Phi) is 5.99. The highest BCUT2D eigenvalue weighted by atomic mass is 32.2. The summed E-state index contributed by atoms with van der Waals surface area (Å²) < 4.78 is 27.7. The lowest BCUT2D eigenvalue weighted by Crippen LogP contribution is -2.38. The van der Waals surface area contributed by atoms with E-state index < -0.39 is 11.6 Å². The van der Waals surface area contributed by atoms with Crippen LogP contribution in [0.3, 0.4) is 0 Å². The van der Waals surface area contributed by atoms with Crippen molar-refractivity contribution in [1.82, 2.24) is 4.90 Å². The maximum Gasteiger partial charge on any atom is 0.153 e. The molecule has 1 aromatic carbocycles. The van der Waals surface area contributed by atoms with Crippen LogP contribution in [0, 0.1) is 17.6 Å². The van der Waals surface area contributed by atoms with Crippen LogP contribution in [0.2, 0.25) is 0 Å². The monoisotopic (exact) mass is 417 g/mol. The third kappa shape index (κ3) is 4.37. The number of anilines is 1. The third-order valence-electron chi connectivity index (χ3n) is 5.48. The molecule has 0 radical (unpaired) electrons. The maximum absolute atomic E-state index is 14.4. The fourth-order valence-electron chi connectivity index (χ4n) is 3.83. The molecule has 29 heavy (non-hydrogen) atoms. The summed E-state index contributed by atoms with van der Waals surface area (Å²) in [7, 11) is 0. The Labute approximate surface area is 174 Å². The molecule has 1 atom stereocenters. The molecule has 2 saturated heterocycles. The second-order valence-corrected chi connectivity index (χ2v) is 8.69. The number of hydrogen-bond acceptors (Lipinski definition) is 6. The molecule has 0 aliphatic carbocycles. The molecule has 4 rings (SSSR count). The van der Waals surface area contributed by atoms with Gasteiger partial charge in [0.1, 0.15) is 17.3 Å². The largest absolute Gasteiger partial charge is 0.353 e. The summed E-state index contributed by atoms with van der Waals surface area (Å²) in [6, 6.07) is 3.81. The van der Waals surface area contributed by atoms with Gasteiger partial charge in [0.2, 0.25) is 0 Å². The van der Waals surface area contributed by atoms with E-state index in [-0.39, 0.29) is 5.69 Å². The lowest BCUT2D eigenvalue weighted by molar-refractivity contribution is 0.381. The van der Waals surface area contributed by atoms with Crippen LogP contribution < -0.4 is 5.12 Å². The predicted molar refractivity (Wildman–Crippen MR) is 117 cm³/mol. The van der Waals surface area contributed by atoms with Crippen LogP contribution in [0.5, 0.6) is 0 Å². The Bertz CT molecular complexity index is 878. The first-order chi connectivity index (χ1) is 14.0. The first-order valence-corrected chi connectivity index (χ1v) is 11.2. The van der Waals surface area contributed by atoms with Crippen LogP contribution in [0.4, 0.5) is 14.5 Å². The molecule has 0 N–H and O–H groups in total. The Balaban J connectivity index is 1.72. The smallest absolute Gasteiger partial charge is 0.153 e. The molecule has 8 heteroatoms. The summed E-state index contributed by atoms with van der Waals surface area (Å²) in [5, 5.41) is 10.1. The molecule has 0 amide bonds. The number of rotatable bonds is 4. The van der Waals surface area contributed by atoms with Gasteiger partial charge in [0.25, 0.3) is 0 Å². The average Bonchev–Trinajstić information content (AvgIpc) is 3.12. The summed E-state index contributed by atoms with van der Waals surface area (Å²) in [6.45, 7) is 7.28. The lowest BCUT2D eigenvalue weighted by Gasteiger charge is -2.30. The van der Waals surface area contributed by atoms with E-state index in [4.69, 9.17) is 4.99 Å². The number of halogens is 2. The van der Waals surface area contributed by atoms with E-state index in [0.29, 0.717) is 29.8 Å². The number of hydrogen-bond donors (Lipinski definition) is 0. The van der Waals surface area contributed by atoms with Crippen LogP contribution in [0.15, 0.2) is 45.5 Å². The highest BCUT2D eigenvalue weighted by Crippen LogP contribution is 2.30. The van der Waals surface area contributed by atoms with Crippen molar-refractivity contribution in [2.75, 3.05) is 23.2 Å². The standard InChI is InChI=1S/C21H25F2N5S/c1-3-17-5-4-8-27(17)21-14(2)11-24-28(19-7-6-16(22)10-18(19)23)26-20(25-21)9-15-12-29-13-15/h6-7,10-11,15,17H,2-5,8-9,12-13H2,1H3/b24-11-,25-21+,26-20-. The zero-order valence-electron chi connectivity index (χ0n) is 16.5. The van der Waals surface area contributed by atoms with Crippen molar-refractivity contribution in [1.29, 1.82) is 0 Å². The molecule has 0 aromatic heterocycles. The summed E-state index contributed by atoms with van der Waals surface area (Å²) >= 11 is 1.90. The second-order valence-electron chi connectivity index (χ2n) is 7.61. The van der Waals surface area contributed by atoms with Crippen LogP contribution in [-0.4, -0.2) is 46.9 Å². The fourth-order valence-corrected chi connectivity index (χ4v) is 4.63. The van der Waals surface area contributed by atoms with Crippen LogP contribution in [0.25, 0.3) is 0 Å². The van der Waals surface area contributed by atoms with E-state index in [1.54, 1.807) is 6.21 Å². The number of hydrazone groups is 2. The first-order valence-electron chi connectivity index (χ1n) is 10.0. The van der Waals surface area contributed by atoms with Crippen LogP contribution >= 0.6 is 11.8 Å². The topological polar surface area (TPSA) is 43.6 Å². The van der Waals surface area contributed by atoms with Gasteiger partial charge in [-0.05, 0) is 48.8 Å². The van der Waals surface area contributed by atoms with E-state index in [1.807, 2.05) is 11.8 Å².